The van der Waals surface area contributed by atoms with Crippen molar-refractivity contribution in [1.29, 1.82) is 5.26 Å². The molecule has 70 valence electrons. The first kappa shape index (κ1) is 9.82. The van der Waals surface area contributed by atoms with E-state index < -0.39 is 0 Å². The molecule has 3 nitrogen and oxygen atoms in total. The molecule has 1 heterocycles. The summed E-state index contributed by atoms with van der Waals surface area (Å²) in [7, 11) is 3.97. The molecule has 3 heteroatoms. The molecular formula is C10H15N3. The van der Waals surface area contributed by atoms with Crippen molar-refractivity contribution in [3.63, 3.8) is 0 Å². The number of nitriles is 1. The van der Waals surface area contributed by atoms with Crippen LogP contribution in [0.5, 0.6) is 0 Å². The molecule has 1 aromatic rings. The zero-order valence-corrected chi connectivity index (χ0v) is 8.36. The predicted molar refractivity (Wildman–Crippen MR) is 52.0 cm³/mol. The number of rotatable bonds is 3. The van der Waals surface area contributed by atoms with Crippen molar-refractivity contribution in [2.75, 3.05) is 7.05 Å². The van der Waals surface area contributed by atoms with E-state index in [4.69, 9.17) is 5.26 Å². The standard InChI is InChI=1S/C10H15N3/c1-9(7-11)13(3)8-10-5-4-6-12(10)2/h4-6,9H,8H2,1-3H3. The van der Waals surface area contributed by atoms with Crippen LogP contribution in [0.25, 0.3) is 0 Å². The maximum Gasteiger partial charge on any atom is 0.0950 e. The average molecular weight is 177 g/mol. The van der Waals surface area contributed by atoms with E-state index in [0.717, 1.165) is 6.54 Å². The Morgan fingerprint density at radius 3 is 2.85 bits per heavy atom. The molecule has 13 heavy (non-hydrogen) atoms. The zero-order valence-electron chi connectivity index (χ0n) is 8.36. The maximum absolute atomic E-state index is 8.70. The highest BCUT2D eigenvalue weighted by Gasteiger charge is 2.08. The van der Waals surface area contributed by atoms with E-state index in [0.29, 0.717) is 0 Å². The van der Waals surface area contributed by atoms with Gasteiger partial charge in [0.25, 0.3) is 0 Å². The molecule has 0 spiro atoms. The summed E-state index contributed by atoms with van der Waals surface area (Å²) in [5.74, 6) is 0. The van der Waals surface area contributed by atoms with E-state index in [9.17, 15) is 0 Å². The van der Waals surface area contributed by atoms with Gasteiger partial charge in [0, 0.05) is 25.5 Å². The molecular weight excluding hydrogens is 162 g/mol. The number of aromatic nitrogens is 1. The molecule has 1 atom stereocenters. The quantitative estimate of drug-likeness (QED) is 0.698. The van der Waals surface area contributed by atoms with Gasteiger partial charge < -0.3 is 4.57 Å². The second-order valence-electron chi connectivity index (χ2n) is 3.33. The molecule has 0 saturated carbocycles. The van der Waals surface area contributed by atoms with Crippen LogP contribution in [-0.2, 0) is 13.6 Å². The van der Waals surface area contributed by atoms with E-state index in [-0.39, 0.29) is 6.04 Å². The Morgan fingerprint density at radius 1 is 1.69 bits per heavy atom. The molecule has 0 aromatic carbocycles. The minimum absolute atomic E-state index is 0.0325. The van der Waals surface area contributed by atoms with Gasteiger partial charge in [-0.3, -0.25) is 4.90 Å². The lowest BCUT2D eigenvalue weighted by Gasteiger charge is -2.18. The van der Waals surface area contributed by atoms with Crippen LogP contribution in [0.2, 0.25) is 0 Å². The van der Waals surface area contributed by atoms with Crippen molar-refractivity contribution < 1.29 is 0 Å². The lowest BCUT2D eigenvalue weighted by Crippen LogP contribution is -2.27. The summed E-state index contributed by atoms with van der Waals surface area (Å²) >= 11 is 0. The lowest BCUT2D eigenvalue weighted by atomic mass is 10.3. The SMILES string of the molecule is CC(C#N)N(C)Cc1cccn1C. The Hall–Kier alpha value is -1.27. The Bertz CT molecular complexity index is 308. The molecule has 0 fully saturated rings. The summed E-state index contributed by atoms with van der Waals surface area (Å²) in [4.78, 5) is 2.02. The largest absolute Gasteiger partial charge is 0.353 e. The van der Waals surface area contributed by atoms with Gasteiger partial charge in [-0.25, -0.2) is 0 Å². The average Bonchev–Trinajstić information content (AvgIpc) is 2.50. The Labute approximate surface area is 79.2 Å². The van der Waals surface area contributed by atoms with Crippen molar-refractivity contribution in [1.82, 2.24) is 9.47 Å². The summed E-state index contributed by atoms with van der Waals surface area (Å²) in [6.07, 6.45) is 2.01. The number of hydrogen-bond donors (Lipinski definition) is 0. The topological polar surface area (TPSA) is 32.0 Å². The summed E-state index contributed by atoms with van der Waals surface area (Å²) in [5, 5.41) is 8.70. The van der Waals surface area contributed by atoms with Crippen LogP contribution in [0.1, 0.15) is 12.6 Å². The molecule has 1 unspecified atom stereocenters. The molecule has 1 rings (SSSR count). The minimum Gasteiger partial charge on any atom is -0.353 e. The van der Waals surface area contributed by atoms with E-state index in [1.807, 2.05) is 38.2 Å². The highest BCUT2D eigenvalue weighted by molar-refractivity contribution is 5.06. The molecule has 0 amide bonds. The van der Waals surface area contributed by atoms with Gasteiger partial charge in [-0.1, -0.05) is 0 Å². The van der Waals surface area contributed by atoms with E-state index in [1.54, 1.807) is 0 Å². The van der Waals surface area contributed by atoms with Crippen LogP contribution in [0, 0.1) is 11.3 Å². The van der Waals surface area contributed by atoms with Crippen molar-refractivity contribution >= 4 is 0 Å². The molecule has 1 aromatic heterocycles. The third-order valence-electron chi connectivity index (χ3n) is 2.31. The van der Waals surface area contributed by atoms with Crippen LogP contribution in [0.15, 0.2) is 18.3 Å². The molecule has 0 radical (unpaired) electrons. The third kappa shape index (κ3) is 2.33. The normalized spacial score (nSPS) is 12.8. The maximum atomic E-state index is 8.70. The van der Waals surface area contributed by atoms with Crippen LogP contribution in [0.4, 0.5) is 0 Å². The fourth-order valence-electron chi connectivity index (χ4n) is 1.15. The van der Waals surface area contributed by atoms with E-state index in [1.165, 1.54) is 5.69 Å². The van der Waals surface area contributed by atoms with Gasteiger partial charge in [-0.2, -0.15) is 5.26 Å². The van der Waals surface area contributed by atoms with E-state index >= 15 is 0 Å². The van der Waals surface area contributed by atoms with E-state index in [2.05, 4.69) is 16.7 Å². The smallest absolute Gasteiger partial charge is 0.0950 e. The minimum atomic E-state index is -0.0325. The van der Waals surface area contributed by atoms with Crippen molar-refractivity contribution in [2.45, 2.75) is 19.5 Å². The van der Waals surface area contributed by atoms with Crippen molar-refractivity contribution in [3.8, 4) is 6.07 Å². The summed E-state index contributed by atoms with van der Waals surface area (Å²) in [5.41, 5.74) is 1.23. The second-order valence-corrected chi connectivity index (χ2v) is 3.33. The number of hydrogen-bond acceptors (Lipinski definition) is 2. The summed E-state index contributed by atoms with van der Waals surface area (Å²) in [6, 6.07) is 6.26. The van der Waals surface area contributed by atoms with Crippen LogP contribution in [-0.4, -0.2) is 22.6 Å². The lowest BCUT2D eigenvalue weighted by molar-refractivity contribution is 0.288. The first-order chi connectivity index (χ1) is 6.15. The number of nitrogens with zero attached hydrogens (tertiary/aromatic N) is 3. The highest BCUT2D eigenvalue weighted by atomic mass is 15.1. The van der Waals surface area contributed by atoms with Gasteiger partial charge in [-0.05, 0) is 26.1 Å². The fourth-order valence-corrected chi connectivity index (χ4v) is 1.15. The molecule has 0 bridgehead atoms. The fraction of sp³-hybridized carbons (Fsp3) is 0.500. The third-order valence-corrected chi connectivity index (χ3v) is 2.31. The number of aryl methyl sites for hydroxylation is 1. The summed E-state index contributed by atoms with van der Waals surface area (Å²) < 4.78 is 2.07. The van der Waals surface area contributed by atoms with Gasteiger partial charge in [0.1, 0.15) is 0 Å². The van der Waals surface area contributed by atoms with Gasteiger partial charge in [0.15, 0.2) is 0 Å². The summed E-state index contributed by atoms with van der Waals surface area (Å²) in [6.45, 7) is 2.72. The Morgan fingerprint density at radius 2 is 2.38 bits per heavy atom. The van der Waals surface area contributed by atoms with Crippen LogP contribution >= 0.6 is 0 Å². The molecule has 0 N–H and O–H groups in total. The van der Waals surface area contributed by atoms with Gasteiger partial charge in [0.05, 0.1) is 12.1 Å². The van der Waals surface area contributed by atoms with Crippen LogP contribution in [0.3, 0.4) is 0 Å². The monoisotopic (exact) mass is 177 g/mol. The molecule has 0 aliphatic carbocycles. The van der Waals surface area contributed by atoms with Gasteiger partial charge in [0.2, 0.25) is 0 Å². The first-order valence-corrected chi connectivity index (χ1v) is 4.35. The molecule has 0 aliphatic rings. The second kappa shape index (κ2) is 4.11. The van der Waals surface area contributed by atoms with Crippen molar-refractivity contribution in [3.05, 3.63) is 24.0 Å². The van der Waals surface area contributed by atoms with Gasteiger partial charge >= 0.3 is 0 Å². The van der Waals surface area contributed by atoms with Crippen LogP contribution < -0.4 is 0 Å². The predicted octanol–water partition coefficient (Wildman–Crippen LogP) is 1.37. The Balaban J connectivity index is 2.60. The highest BCUT2D eigenvalue weighted by Crippen LogP contribution is 2.05. The van der Waals surface area contributed by atoms with Crippen molar-refractivity contribution in [2.24, 2.45) is 7.05 Å². The van der Waals surface area contributed by atoms with Gasteiger partial charge in [-0.15, -0.1) is 0 Å². The molecule has 0 saturated heterocycles. The zero-order chi connectivity index (χ0) is 9.84. The molecule has 0 aliphatic heterocycles. The Kier molecular flexibility index (Phi) is 3.10. The first-order valence-electron chi connectivity index (χ1n) is 4.35.